The zero-order chi connectivity index (χ0) is 8.73. The van der Waals surface area contributed by atoms with Gasteiger partial charge < -0.3 is 5.11 Å². The Kier molecular flexibility index (Phi) is 7.44. The van der Waals surface area contributed by atoms with Crippen LogP contribution in [0.15, 0.2) is 0 Å². The summed E-state index contributed by atoms with van der Waals surface area (Å²) in [7, 11) is 0. The average Bonchev–Trinajstić information content (AvgIpc) is 1.63. The van der Waals surface area contributed by atoms with Crippen LogP contribution in [0, 0.1) is 5.92 Å². The van der Waals surface area contributed by atoms with E-state index in [-0.39, 0.29) is 11.7 Å². The summed E-state index contributed by atoms with van der Waals surface area (Å²) in [5, 5.41) is 7.42. The second-order valence-corrected chi connectivity index (χ2v) is 2.28. The van der Waals surface area contributed by atoms with Crippen molar-refractivity contribution in [3.05, 3.63) is 0 Å². The Morgan fingerprint density at radius 1 is 1.20 bits per heavy atom. The van der Waals surface area contributed by atoms with Crippen LogP contribution < -0.4 is 0 Å². The normalized spacial score (nSPS) is 8.10. The summed E-state index contributed by atoms with van der Waals surface area (Å²) < 4.78 is 0. The number of Topliss-reactive ketones (excluding diaryl/α,β-unsaturated/α-hetero) is 1. The largest absolute Gasteiger partial charge is 0.481 e. The van der Waals surface area contributed by atoms with Gasteiger partial charge in [-0.3, -0.25) is 9.59 Å². The van der Waals surface area contributed by atoms with Gasteiger partial charge in [0, 0.05) is 12.8 Å². The number of carboxylic acid groups (broad SMARTS) is 1. The highest BCUT2D eigenvalue weighted by Gasteiger charge is 1.95. The van der Waals surface area contributed by atoms with Gasteiger partial charge in [-0.05, 0) is 6.92 Å². The molecular formula is C7H14O3. The molecule has 0 atom stereocenters. The van der Waals surface area contributed by atoms with E-state index in [1.54, 1.807) is 6.92 Å². The SMILES string of the molecule is CC(=O)C(C)C.CC(=O)O. The van der Waals surface area contributed by atoms with Crippen molar-refractivity contribution in [1.82, 2.24) is 0 Å². The molecule has 0 rings (SSSR count). The highest BCUT2D eigenvalue weighted by atomic mass is 16.4. The average molecular weight is 146 g/mol. The summed E-state index contributed by atoms with van der Waals surface area (Å²) in [6.07, 6.45) is 0. The van der Waals surface area contributed by atoms with E-state index in [9.17, 15) is 4.79 Å². The highest BCUT2D eigenvalue weighted by molar-refractivity contribution is 5.77. The predicted molar refractivity (Wildman–Crippen MR) is 38.8 cm³/mol. The van der Waals surface area contributed by atoms with Gasteiger partial charge in [-0.1, -0.05) is 13.8 Å². The molecule has 0 aliphatic heterocycles. The van der Waals surface area contributed by atoms with Crippen LogP contribution in [0.5, 0.6) is 0 Å². The molecule has 0 bridgehead atoms. The van der Waals surface area contributed by atoms with Crippen molar-refractivity contribution in [3.63, 3.8) is 0 Å². The zero-order valence-electron chi connectivity index (χ0n) is 6.84. The van der Waals surface area contributed by atoms with Crippen LogP contribution in [0.25, 0.3) is 0 Å². The van der Waals surface area contributed by atoms with E-state index in [1.165, 1.54) is 0 Å². The molecule has 3 heteroatoms. The molecular weight excluding hydrogens is 132 g/mol. The van der Waals surface area contributed by atoms with E-state index < -0.39 is 5.97 Å². The van der Waals surface area contributed by atoms with E-state index in [4.69, 9.17) is 9.90 Å². The molecule has 0 saturated carbocycles. The number of aliphatic carboxylic acids is 1. The van der Waals surface area contributed by atoms with Crippen molar-refractivity contribution in [2.75, 3.05) is 0 Å². The maximum atomic E-state index is 10.1. The third-order valence-corrected chi connectivity index (χ3v) is 0.813. The summed E-state index contributed by atoms with van der Waals surface area (Å²) in [5.41, 5.74) is 0. The summed E-state index contributed by atoms with van der Waals surface area (Å²) in [4.78, 5) is 19.1. The van der Waals surface area contributed by atoms with Gasteiger partial charge in [-0.15, -0.1) is 0 Å². The van der Waals surface area contributed by atoms with E-state index >= 15 is 0 Å². The first-order valence-electron chi connectivity index (χ1n) is 3.08. The van der Waals surface area contributed by atoms with Crippen molar-refractivity contribution in [2.24, 2.45) is 5.92 Å². The summed E-state index contributed by atoms with van der Waals surface area (Å²) in [6.45, 7) is 6.47. The van der Waals surface area contributed by atoms with Gasteiger partial charge >= 0.3 is 0 Å². The lowest BCUT2D eigenvalue weighted by Crippen LogP contribution is -1.98. The smallest absolute Gasteiger partial charge is 0.300 e. The fourth-order valence-corrected chi connectivity index (χ4v) is 0. The molecule has 0 unspecified atom stereocenters. The zero-order valence-corrected chi connectivity index (χ0v) is 6.84. The molecule has 60 valence electrons. The molecule has 0 aliphatic rings. The van der Waals surface area contributed by atoms with Crippen molar-refractivity contribution in [3.8, 4) is 0 Å². The molecule has 0 saturated heterocycles. The Hall–Kier alpha value is -0.860. The van der Waals surface area contributed by atoms with E-state index in [0.29, 0.717) is 0 Å². The number of carbonyl (C=O) groups is 2. The van der Waals surface area contributed by atoms with Crippen molar-refractivity contribution < 1.29 is 14.7 Å². The van der Waals surface area contributed by atoms with Crippen LogP contribution in [-0.4, -0.2) is 16.9 Å². The molecule has 3 nitrogen and oxygen atoms in total. The van der Waals surface area contributed by atoms with Gasteiger partial charge in [0.15, 0.2) is 0 Å². The van der Waals surface area contributed by atoms with Crippen LogP contribution >= 0.6 is 0 Å². The molecule has 0 spiro atoms. The Morgan fingerprint density at radius 3 is 1.30 bits per heavy atom. The maximum absolute atomic E-state index is 10.1. The fourth-order valence-electron chi connectivity index (χ4n) is 0. The van der Waals surface area contributed by atoms with Gasteiger partial charge in [0.25, 0.3) is 5.97 Å². The molecule has 10 heavy (non-hydrogen) atoms. The lowest BCUT2D eigenvalue weighted by atomic mass is 10.1. The van der Waals surface area contributed by atoms with Crippen LogP contribution in [0.1, 0.15) is 27.7 Å². The Labute approximate surface area is 61.1 Å². The highest BCUT2D eigenvalue weighted by Crippen LogP contribution is 1.89. The van der Waals surface area contributed by atoms with E-state index in [2.05, 4.69) is 0 Å². The molecule has 1 N–H and O–H groups in total. The number of carboxylic acids is 1. The number of ketones is 1. The number of hydrogen-bond acceptors (Lipinski definition) is 2. The molecule has 0 aromatic rings. The van der Waals surface area contributed by atoms with Crippen molar-refractivity contribution >= 4 is 11.8 Å². The molecule has 0 amide bonds. The second-order valence-electron chi connectivity index (χ2n) is 2.28. The standard InChI is InChI=1S/C5H10O.C2H4O2/c1-4(2)5(3)6;1-2(3)4/h4H,1-3H3;1H3,(H,3,4). The minimum absolute atomic E-state index is 0.213. The fraction of sp³-hybridized carbons (Fsp3) is 0.714. The summed E-state index contributed by atoms with van der Waals surface area (Å²) in [5.74, 6) is -0.361. The number of carbonyl (C=O) groups excluding carboxylic acids is 1. The van der Waals surface area contributed by atoms with Gasteiger partial charge in [-0.25, -0.2) is 0 Å². The van der Waals surface area contributed by atoms with Crippen LogP contribution in [0.4, 0.5) is 0 Å². The quantitative estimate of drug-likeness (QED) is 0.607. The monoisotopic (exact) mass is 146 g/mol. The molecule has 0 fully saturated rings. The Bertz CT molecular complexity index is 112. The number of hydrogen-bond donors (Lipinski definition) is 1. The lowest BCUT2D eigenvalue weighted by molar-refractivity contribution is -0.134. The molecule has 0 aromatic heterocycles. The van der Waals surface area contributed by atoms with Gasteiger partial charge in [0.1, 0.15) is 5.78 Å². The summed E-state index contributed by atoms with van der Waals surface area (Å²) in [6, 6.07) is 0. The minimum atomic E-state index is -0.833. The molecule has 0 aromatic carbocycles. The first-order chi connectivity index (χ1) is 4.37. The number of rotatable bonds is 1. The molecule has 0 radical (unpaired) electrons. The van der Waals surface area contributed by atoms with E-state index in [0.717, 1.165) is 6.92 Å². The third kappa shape index (κ3) is 27.3. The van der Waals surface area contributed by atoms with Crippen LogP contribution in [-0.2, 0) is 9.59 Å². The maximum Gasteiger partial charge on any atom is 0.300 e. The summed E-state index contributed by atoms with van der Waals surface area (Å²) >= 11 is 0. The first kappa shape index (κ1) is 11.9. The van der Waals surface area contributed by atoms with Crippen LogP contribution in [0.3, 0.4) is 0 Å². The van der Waals surface area contributed by atoms with Gasteiger partial charge in [0.05, 0.1) is 0 Å². The second kappa shape index (κ2) is 6.26. The first-order valence-corrected chi connectivity index (χ1v) is 3.08. The van der Waals surface area contributed by atoms with Crippen molar-refractivity contribution in [2.45, 2.75) is 27.7 Å². The van der Waals surface area contributed by atoms with Gasteiger partial charge in [0.2, 0.25) is 0 Å². The topological polar surface area (TPSA) is 54.4 Å². The molecule has 0 heterocycles. The van der Waals surface area contributed by atoms with Crippen LogP contribution in [0.2, 0.25) is 0 Å². The Balaban J connectivity index is 0. The Morgan fingerprint density at radius 2 is 1.30 bits per heavy atom. The minimum Gasteiger partial charge on any atom is -0.481 e. The third-order valence-electron chi connectivity index (χ3n) is 0.813. The van der Waals surface area contributed by atoms with Crippen molar-refractivity contribution in [1.29, 1.82) is 0 Å². The molecule has 0 aliphatic carbocycles. The van der Waals surface area contributed by atoms with E-state index in [1.807, 2.05) is 13.8 Å². The van der Waals surface area contributed by atoms with Gasteiger partial charge in [-0.2, -0.15) is 0 Å². The predicted octanol–water partition coefficient (Wildman–Crippen LogP) is 1.32. The lowest BCUT2D eigenvalue weighted by Gasteiger charge is -1.90.